The van der Waals surface area contributed by atoms with Crippen LogP contribution in [0.1, 0.15) is 11.1 Å². The first-order valence-corrected chi connectivity index (χ1v) is 9.96. The highest BCUT2D eigenvalue weighted by molar-refractivity contribution is 8.26. The number of carbonyl (C=O) groups excluding carboxylic acids is 1. The van der Waals surface area contributed by atoms with Crippen LogP contribution in [-0.4, -0.2) is 33.7 Å². The molecule has 3 aromatic rings. The van der Waals surface area contributed by atoms with Gasteiger partial charge in [-0.25, -0.2) is 0 Å². The van der Waals surface area contributed by atoms with Crippen molar-refractivity contribution in [2.24, 2.45) is 5.10 Å². The van der Waals surface area contributed by atoms with E-state index in [1.165, 1.54) is 23.0 Å². The molecule has 1 amide bonds. The van der Waals surface area contributed by atoms with Crippen molar-refractivity contribution in [3.63, 3.8) is 0 Å². The fraction of sp³-hybridized carbons (Fsp3) is 0.0455. The van der Waals surface area contributed by atoms with Gasteiger partial charge < -0.3 is 9.84 Å². The van der Waals surface area contributed by atoms with Gasteiger partial charge in [-0.3, -0.25) is 4.79 Å². The number of fused-ring (bicyclic) bond motifs is 1. The number of para-hydroxylation sites is 1. The number of thioether (sulfide) groups is 1. The lowest BCUT2D eigenvalue weighted by atomic mass is 10.0. The first-order chi connectivity index (χ1) is 14.1. The van der Waals surface area contributed by atoms with Crippen molar-refractivity contribution in [1.82, 2.24) is 5.01 Å². The van der Waals surface area contributed by atoms with Gasteiger partial charge in [0.25, 0.3) is 5.91 Å². The van der Waals surface area contributed by atoms with Crippen LogP contribution in [0.5, 0.6) is 11.5 Å². The highest BCUT2D eigenvalue weighted by Crippen LogP contribution is 2.34. The Bertz CT molecular complexity index is 1190. The Morgan fingerprint density at radius 1 is 1.10 bits per heavy atom. The van der Waals surface area contributed by atoms with Crippen molar-refractivity contribution in [3.05, 3.63) is 76.7 Å². The maximum absolute atomic E-state index is 12.8. The minimum Gasteiger partial charge on any atom is -0.507 e. The monoisotopic (exact) mass is 420 g/mol. The van der Waals surface area contributed by atoms with Crippen LogP contribution >= 0.6 is 24.0 Å². The summed E-state index contributed by atoms with van der Waals surface area (Å²) in [6, 6.07) is 18.5. The van der Waals surface area contributed by atoms with Crippen LogP contribution in [0.4, 0.5) is 0 Å². The average molecular weight is 421 g/mol. The predicted molar refractivity (Wildman–Crippen MR) is 121 cm³/mol. The molecular weight excluding hydrogens is 404 g/mol. The number of ether oxygens (including phenoxy) is 1. The number of hydrogen-bond donors (Lipinski definition) is 1. The maximum Gasteiger partial charge on any atom is 0.286 e. The maximum atomic E-state index is 12.8. The Kier molecular flexibility index (Phi) is 5.33. The van der Waals surface area contributed by atoms with Gasteiger partial charge in [0.15, 0.2) is 4.32 Å². The number of hydrogen-bond acceptors (Lipinski definition) is 6. The van der Waals surface area contributed by atoms with Crippen LogP contribution in [0.2, 0.25) is 0 Å². The Morgan fingerprint density at radius 2 is 1.86 bits per heavy atom. The van der Waals surface area contributed by atoms with Gasteiger partial charge in [-0.05, 0) is 41.2 Å². The minimum atomic E-state index is -0.318. The van der Waals surface area contributed by atoms with E-state index >= 15 is 0 Å². The Hall–Kier alpha value is -3.16. The number of methoxy groups -OCH3 is 1. The van der Waals surface area contributed by atoms with E-state index in [2.05, 4.69) is 5.10 Å². The zero-order valence-electron chi connectivity index (χ0n) is 15.4. The van der Waals surface area contributed by atoms with Crippen LogP contribution < -0.4 is 4.74 Å². The van der Waals surface area contributed by atoms with Crippen molar-refractivity contribution in [2.75, 3.05) is 7.11 Å². The quantitative estimate of drug-likeness (QED) is 0.374. The third-order valence-electron chi connectivity index (χ3n) is 4.45. The number of hydrazone groups is 1. The molecule has 1 aliphatic rings. The van der Waals surface area contributed by atoms with Crippen LogP contribution in [0, 0.1) is 0 Å². The Morgan fingerprint density at radius 3 is 2.69 bits per heavy atom. The number of aromatic hydroxyl groups is 1. The van der Waals surface area contributed by atoms with Gasteiger partial charge in [0.05, 0.1) is 18.2 Å². The standard InChI is InChI=1S/C22H16N2O3S2/c1-27-19-9-5-3-7-15(19)12-20-21(26)24(22(28)29-20)23-13-17-16-8-4-2-6-14(16)10-11-18(17)25/h2-13,25H,1H3. The highest BCUT2D eigenvalue weighted by Gasteiger charge is 2.32. The number of phenols is 1. The predicted octanol–water partition coefficient (Wildman–Crippen LogP) is 4.79. The first kappa shape index (κ1) is 19.2. The van der Waals surface area contributed by atoms with E-state index in [0.29, 0.717) is 20.5 Å². The van der Waals surface area contributed by atoms with E-state index in [4.69, 9.17) is 17.0 Å². The Labute approximate surface area is 177 Å². The van der Waals surface area contributed by atoms with Crippen molar-refractivity contribution in [3.8, 4) is 11.5 Å². The molecule has 0 unspecified atom stereocenters. The SMILES string of the molecule is COc1ccccc1C=C1SC(=S)N(N=Cc2c(O)ccc3ccccc23)C1=O. The smallest absolute Gasteiger partial charge is 0.286 e. The molecule has 1 aliphatic heterocycles. The van der Waals surface area contributed by atoms with Crippen LogP contribution in [0.15, 0.2) is 70.7 Å². The van der Waals surface area contributed by atoms with E-state index < -0.39 is 0 Å². The summed E-state index contributed by atoms with van der Waals surface area (Å²) in [6.07, 6.45) is 3.21. The van der Waals surface area contributed by atoms with Crippen molar-refractivity contribution in [2.45, 2.75) is 0 Å². The number of phenolic OH excluding ortho intramolecular Hbond substituents is 1. The molecule has 1 heterocycles. The van der Waals surface area contributed by atoms with Gasteiger partial charge in [-0.1, -0.05) is 60.3 Å². The molecule has 0 aliphatic carbocycles. The number of amides is 1. The molecule has 1 saturated heterocycles. The molecule has 3 aromatic carbocycles. The summed E-state index contributed by atoms with van der Waals surface area (Å²) in [7, 11) is 1.58. The second-order valence-electron chi connectivity index (χ2n) is 6.20. The number of thiocarbonyl (C=S) groups is 1. The molecule has 1 N–H and O–H groups in total. The second-order valence-corrected chi connectivity index (χ2v) is 7.88. The molecule has 0 saturated carbocycles. The summed E-state index contributed by atoms with van der Waals surface area (Å²) in [5, 5.41) is 17.5. The molecule has 0 radical (unpaired) electrons. The lowest BCUT2D eigenvalue weighted by Gasteiger charge is -2.08. The summed E-state index contributed by atoms with van der Waals surface area (Å²) in [6.45, 7) is 0. The van der Waals surface area contributed by atoms with Crippen molar-refractivity contribution >= 4 is 57.3 Å². The van der Waals surface area contributed by atoms with Gasteiger partial charge in [-0.15, -0.1) is 0 Å². The Balaban J connectivity index is 1.66. The van der Waals surface area contributed by atoms with E-state index in [0.717, 1.165) is 16.3 Å². The van der Waals surface area contributed by atoms with Gasteiger partial charge in [-0.2, -0.15) is 10.1 Å². The van der Waals surface area contributed by atoms with Crippen LogP contribution in [0.25, 0.3) is 16.8 Å². The van der Waals surface area contributed by atoms with E-state index in [1.807, 2.05) is 54.6 Å². The fourth-order valence-electron chi connectivity index (χ4n) is 3.02. The molecule has 5 nitrogen and oxygen atoms in total. The molecule has 0 bridgehead atoms. The molecule has 4 rings (SSSR count). The molecule has 1 fully saturated rings. The molecule has 0 aromatic heterocycles. The third kappa shape index (κ3) is 3.74. The van der Waals surface area contributed by atoms with Gasteiger partial charge in [0, 0.05) is 11.1 Å². The summed E-state index contributed by atoms with van der Waals surface area (Å²) in [4.78, 5) is 13.3. The number of nitrogens with zero attached hydrogens (tertiary/aromatic N) is 2. The molecular formula is C22H16N2O3S2. The number of carbonyl (C=O) groups is 1. The number of benzene rings is 3. The van der Waals surface area contributed by atoms with Crippen LogP contribution in [0.3, 0.4) is 0 Å². The van der Waals surface area contributed by atoms with Gasteiger partial charge >= 0.3 is 0 Å². The van der Waals surface area contributed by atoms with Gasteiger partial charge in [0.1, 0.15) is 11.5 Å². The third-order valence-corrected chi connectivity index (χ3v) is 5.73. The van der Waals surface area contributed by atoms with E-state index in [1.54, 1.807) is 19.3 Å². The summed E-state index contributed by atoms with van der Waals surface area (Å²) < 4.78 is 5.66. The molecule has 29 heavy (non-hydrogen) atoms. The van der Waals surface area contributed by atoms with Crippen LogP contribution in [-0.2, 0) is 4.79 Å². The fourth-order valence-corrected chi connectivity index (χ4v) is 4.18. The molecule has 144 valence electrons. The lowest BCUT2D eigenvalue weighted by molar-refractivity contribution is -0.122. The zero-order chi connectivity index (χ0) is 20.4. The summed E-state index contributed by atoms with van der Waals surface area (Å²) in [5.74, 6) is 0.436. The van der Waals surface area contributed by atoms with E-state index in [9.17, 15) is 9.90 Å². The molecule has 0 spiro atoms. The van der Waals surface area contributed by atoms with Crippen molar-refractivity contribution in [1.29, 1.82) is 0 Å². The average Bonchev–Trinajstić information content (AvgIpc) is 3.00. The second kappa shape index (κ2) is 8.06. The highest BCUT2D eigenvalue weighted by atomic mass is 32.2. The number of rotatable bonds is 4. The molecule has 0 atom stereocenters. The van der Waals surface area contributed by atoms with Crippen molar-refractivity contribution < 1.29 is 14.6 Å². The largest absolute Gasteiger partial charge is 0.507 e. The minimum absolute atomic E-state index is 0.0856. The zero-order valence-corrected chi connectivity index (χ0v) is 17.0. The van der Waals surface area contributed by atoms with Gasteiger partial charge in [0.2, 0.25) is 0 Å². The van der Waals surface area contributed by atoms with E-state index in [-0.39, 0.29) is 11.7 Å². The normalized spacial score (nSPS) is 15.8. The first-order valence-electron chi connectivity index (χ1n) is 8.74. The topological polar surface area (TPSA) is 62.1 Å². The summed E-state index contributed by atoms with van der Waals surface area (Å²) in [5.41, 5.74) is 1.32. The summed E-state index contributed by atoms with van der Waals surface area (Å²) >= 11 is 6.51. The lowest BCUT2D eigenvalue weighted by Crippen LogP contribution is -2.22. The molecule has 7 heteroatoms.